The summed E-state index contributed by atoms with van der Waals surface area (Å²) in [6.07, 6.45) is 0.808. The second-order valence-electron chi connectivity index (χ2n) is 4.58. The van der Waals surface area contributed by atoms with Crippen molar-refractivity contribution in [2.24, 2.45) is 0 Å². The molecule has 0 saturated heterocycles. The van der Waals surface area contributed by atoms with Crippen molar-refractivity contribution in [2.75, 3.05) is 6.61 Å². The molecule has 1 aliphatic carbocycles. The van der Waals surface area contributed by atoms with E-state index in [-0.39, 0.29) is 29.7 Å². The Bertz CT molecular complexity index is 519. The first-order valence-electron chi connectivity index (χ1n) is 5.97. The maximum Gasteiger partial charge on any atom is 0.526 e. The van der Waals surface area contributed by atoms with E-state index in [1.165, 1.54) is 6.07 Å². The highest BCUT2D eigenvalue weighted by molar-refractivity contribution is 6.48. The number of fused-ring (bicyclic) bond motifs is 3. The monoisotopic (exact) mass is 250 g/mol. The summed E-state index contributed by atoms with van der Waals surface area (Å²) in [6.45, 7) is 1.81. The molecule has 1 aliphatic heterocycles. The molecule has 0 amide bonds. The predicted octanol–water partition coefficient (Wildman–Crippen LogP) is 1.73. The fraction of sp³-hybridized carbons (Fsp3) is 0.417. The summed E-state index contributed by atoms with van der Waals surface area (Å²) < 4.78 is 23.9. The van der Waals surface area contributed by atoms with Gasteiger partial charge in [-0.15, -0.1) is 0 Å². The third-order valence-corrected chi connectivity index (χ3v) is 3.46. The van der Waals surface area contributed by atoms with Crippen LogP contribution in [-0.4, -0.2) is 24.7 Å². The molecule has 6 heteroatoms. The van der Waals surface area contributed by atoms with Crippen LogP contribution in [0.5, 0.6) is 5.75 Å². The van der Waals surface area contributed by atoms with Gasteiger partial charge in [0.25, 0.3) is 0 Å². The van der Waals surface area contributed by atoms with Crippen LogP contribution in [0.25, 0.3) is 0 Å². The molecule has 0 unspecified atom stereocenters. The molecule has 0 aromatic heterocycles. The van der Waals surface area contributed by atoms with E-state index in [4.69, 9.17) is 9.39 Å². The molecule has 94 valence electrons. The van der Waals surface area contributed by atoms with Crippen LogP contribution in [0.1, 0.15) is 35.2 Å². The van der Waals surface area contributed by atoms with Crippen molar-refractivity contribution in [3.05, 3.63) is 29.1 Å². The van der Waals surface area contributed by atoms with Gasteiger partial charge in [-0.2, -0.15) is 0 Å². The van der Waals surface area contributed by atoms with Crippen LogP contribution in [0.15, 0.2) is 12.1 Å². The van der Waals surface area contributed by atoms with Crippen LogP contribution in [0.3, 0.4) is 0 Å². The highest BCUT2D eigenvalue weighted by atomic mass is 19.1. The fourth-order valence-corrected chi connectivity index (χ4v) is 2.48. The summed E-state index contributed by atoms with van der Waals surface area (Å²) in [5.41, 5.74) is 0.577. The Morgan fingerprint density at radius 1 is 1.67 bits per heavy atom. The minimum absolute atomic E-state index is 0.0676. The van der Waals surface area contributed by atoms with Gasteiger partial charge in [-0.05, 0) is 30.9 Å². The number of hydrogen-bond acceptors (Lipinski definition) is 4. The van der Waals surface area contributed by atoms with E-state index in [1.807, 2.05) is 0 Å². The van der Waals surface area contributed by atoms with Gasteiger partial charge < -0.3 is 14.4 Å². The Labute approximate surface area is 104 Å². The van der Waals surface area contributed by atoms with Gasteiger partial charge in [-0.3, -0.25) is 0 Å². The van der Waals surface area contributed by atoms with Gasteiger partial charge in [-0.1, -0.05) is 6.07 Å². The maximum atomic E-state index is 13.8. The number of carbonyl (C=O) groups excluding carboxylic acids is 1. The first-order chi connectivity index (χ1) is 8.63. The quantitative estimate of drug-likeness (QED) is 0.641. The van der Waals surface area contributed by atoms with E-state index in [1.54, 1.807) is 13.0 Å². The summed E-state index contributed by atoms with van der Waals surface area (Å²) >= 11 is 0. The zero-order valence-corrected chi connectivity index (χ0v) is 9.85. The van der Waals surface area contributed by atoms with E-state index < -0.39 is 18.9 Å². The van der Waals surface area contributed by atoms with Crippen LogP contribution >= 0.6 is 0 Å². The number of ether oxygens (including phenoxy) is 1. The number of rotatable bonds is 2. The van der Waals surface area contributed by atoms with Gasteiger partial charge in [0.15, 0.2) is 0 Å². The van der Waals surface area contributed by atoms with Crippen molar-refractivity contribution in [1.29, 1.82) is 0 Å². The average Bonchev–Trinajstić information content (AvgIpc) is 3.09. The normalized spacial score (nSPS) is 23.8. The van der Waals surface area contributed by atoms with Crippen LogP contribution in [0.2, 0.25) is 5.82 Å². The number of carbonyl (C=O) groups is 1. The van der Waals surface area contributed by atoms with Gasteiger partial charge in [-0.25, -0.2) is 9.18 Å². The lowest BCUT2D eigenvalue weighted by Crippen LogP contribution is -2.28. The average molecular weight is 250 g/mol. The number of hydrogen-bond donors (Lipinski definition) is 1. The molecule has 2 atom stereocenters. The molecule has 18 heavy (non-hydrogen) atoms. The van der Waals surface area contributed by atoms with Gasteiger partial charge in [0.1, 0.15) is 17.1 Å². The minimum Gasteiger partial charge on any atom is -0.535 e. The number of halogens is 1. The second kappa shape index (κ2) is 3.98. The SMILES string of the molecule is CCOC(=O)c1c(F)ccc2c1OB(O)[C@H]1C[C@@H]21. The molecule has 1 aromatic rings. The molecule has 2 aliphatic rings. The van der Waals surface area contributed by atoms with E-state index >= 15 is 0 Å². The van der Waals surface area contributed by atoms with E-state index in [0.717, 1.165) is 12.0 Å². The van der Waals surface area contributed by atoms with Gasteiger partial charge >= 0.3 is 13.1 Å². The van der Waals surface area contributed by atoms with Gasteiger partial charge in [0.2, 0.25) is 0 Å². The van der Waals surface area contributed by atoms with Crippen molar-refractivity contribution in [1.82, 2.24) is 0 Å². The zero-order valence-electron chi connectivity index (χ0n) is 9.85. The van der Waals surface area contributed by atoms with E-state index in [0.29, 0.717) is 0 Å². The lowest BCUT2D eigenvalue weighted by molar-refractivity contribution is 0.0518. The summed E-state index contributed by atoms with van der Waals surface area (Å²) in [5, 5.41) is 9.70. The van der Waals surface area contributed by atoms with Gasteiger partial charge in [0.05, 0.1) is 6.61 Å². The molecule has 1 N–H and O–H groups in total. The first kappa shape index (κ1) is 11.5. The maximum absolute atomic E-state index is 13.8. The summed E-state index contributed by atoms with van der Waals surface area (Å²) in [4.78, 5) is 11.7. The lowest BCUT2D eigenvalue weighted by atomic mass is 9.77. The highest BCUT2D eigenvalue weighted by Gasteiger charge is 2.54. The first-order valence-corrected chi connectivity index (χ1v) is 5.97. The smallest absolute Gasteiger partial charge is 0.526 e. The topological polar surface area (TPSA) is 55.8 Å². The Morgan fingerprint density at radius 3 is 3.17 bits per heavy atom. The Balaban J connectivity index is 2.08. The van der Waals surface area contributed by atoms with E-state index in [2.05, 4.69) is 0 Å². The number of benzene rings is 1. The minimum atomic E-state index is -0.961. The second-order valence-corrected chi connectivity index (χ2v) is 4.58. The van der Waals surface area contributed by atoms with Crippen molar-refractivity contribution in [2.45, 2.75) is 25.1 Å². The Morgan fingerprint density at radius 2 is 2.44 bits per heavy atom. The summed E-state index contributed by atoms with van der Waals surface area (Å²) in [7, 11) is -0.961. The molecule has 0 radical (unpaired) electrons. The van der Waals surface area contributed by atoms with Crippen molar-refractivity contribution >= 4 is 13.1 Å². The Hall–Kier alpha value is -1.56. The molecule has 4 nitrogen and oxygen atoms in total. The molecule has 0 spiro atoms. The van der Waals surface area contributed by atoms with Crippen LogP contribution in [-0.2, 0) is 4.74 Å². The summed E-state index contributed by atoms with van der Waals surface area (Å²) in [6, 6.07) is 2.87. The van der Waals surface area contributed by atoms with Crippen molar-refractivity contribution in [3.8, 4) is 5.75 Å². The lowest BCUT2D eigenvalue weighted by Gasteiger charge is -2.21. The third-order valence-electron chi connectivity index (χ3n) is 3.46. The Kier molecular flexibility index (Phi) is 2.55. The molecule has 1 fully saturated rings. The highest BCUT2D eigenvalue weighted by Crippen LogP contribution is 2.60. The standard InChI is InChI=1S/C12H12BFO4/c1-2-17-12(15)10-9(14)4-3-6-7-5-8(7)13(16)18-11(6)10/h3-4,7-8,16H,2,5H2,1H3/t7-,8-/m0/s1. The molecule has 0 bridgehead atoms. The molecule has 3 rings (SSSR count). The van der Waals surface area contributed by atoms with Crippen molar-refractivity contribution in [3.63, 3.8) is 0 Å². The number of esters is 1. The van der Waals surface area contributed by atoms with Gasteiger partial charge in [0, 0.05) is 5.82 Å². The van der Waals surface area contributed by atoms with Crippen LogP contribution in [0.4, 0.5) is 4.39 Å². The molecule has 1 saturated carbocycles. The molecule has 1 aromatic carbocycles. The largest absolute Gasteiger partial charge is 0.535 e. The molecular weight excluding hydrogens is 238 g/mol. The molecule has 1 heterocycles. The molecular formula is C12H12BFO4. The van der Waals surface area contributed by atoms with E-state index in [9.17, 15) is 14.2 Å². The fourth-order valence-electron chi connectivity index (χ4n) is 2.48. The van der Waals surface area contributed by atoms with Crippen LogP contribution in [0, 0.1) is 5.82 Å². The summed E-state index contributed by atoms with van der Waals surface area (Å²) in [5.74, 6) is -1.06. The van der Waals surface area contributed by atoms with Crippen molar-refractivity contribution < 1.29 is 23.6 Å². The predicted molar refractivity (Wildman–Crippen MR) is 62.1 cm³/mol. The third kappa shape index (κ3) is 1.60. The zero-order chi connectivity index (χ0) is 12.9. The van der Waals surface area contributed by atoms with Crippen LogP contribution < -0.4 is 4.65 Å².